The number of ether oxygens (including phenoxy) is 1. The predicted molar refractivity (Wildman–Crippen MR) is 127 cm³/mol. The lowest BCUT2D eigenvalue weighted by Crippen LogP contribution is -2.32. The fourth-order valence-electron chi connectivity index (χ4n) is 4.54. The van der Waals surface area contributed by atoms with Crippen molar-refractivity contribution in [2.45, 2.75) is 25.7 Å². The summed E-state index contributed by atoms with van der Waals surface area (Å²) in [6.45, 7) is 1.53. The maximum atomic E-state index is 13.2. The zero-order chi connectivity index (χ0) is 22.5. The quantitative estimate of drug-likeness (QED) is 0.423. The monoisotopic (exact) mass is 438 g/mol. The van der Waals surface area contributed by atoms with Crippen molar-refractivity contribution in [1.29, 1.82) is 0 Å². The molecular formula is C27H26N4O2. The number of aromatic nitrogens is 3. The highest BCUT2D eigenvalue weighted by molar-refractivity contribution is 5.94. The second-order valence-electron chi connectivity index (χ2n) is 8.47. The van der Waals surface area contributed by atoms with Crippen molar-refractivity contribution < 1.29 is 9.53 Å². The molecule has 2 aromatic carbocycles. The zero-order valence-corrected chi connectivity index (χ0v) is 18.4. The van der Waals surface area contributed by atoms with Crippen LogP contribution in [0.3, 0.4) is 0 Å². The maximum Gasteiger partial charge on any atom is 0.321 e. The Morgan fingerprint density at radius 1 is 0.970 bits per heavy atom. The average Bonchev–Trinajstić information content (AvgIpc) is 3.10. The van der Waals surface area contributed by atoms with Gasteiger partial charge < -0.3 is 9.64 Å². The number of hydrogen-bond acceptors (Lipinski definition) is 5. The Bertz CT molecular complexity index is 1240. The highest BCUT2D eigenvalue weighted by atomic mass is 16.5. The van der Waals surface area contributed by atoms with E-state index in [2.05, 4.69) is 39.2 Å². The van der Waals surface area contributed by atoms with E-state index in [1.165, 1.54) is 16.3 Å². The highest BCUT2D eigenvalue weighted by Gasteiger charge is 2.22. The van der Waals surface area contributed by atoms with Gasteiger partial charge >= 0.3 is 6.01 Å². The number of carbonyl (C=O) groups excluding carboxylic acids is 1. The van der Waals surface area contributed by atoms with Crippen molar-refractivity contribution in [3.8, 4) is 11.8 Å². The summed E-state index contributed by atoms with van der Waals surface area (Å²) >= 11 is 0. The molecule has 0 N–H and O–H groups in total. The molecule has 6 nitrogen and oxygen atoms in total. The summed E-state index contributed by atoms with van der Waals surface area (Å²) in [6, 6.07) is 17.7. The first-order valence-electron chi connectivity index (χ1n) is 11.4. The summed E-state index contributed by atoms with van der Waals surface area (Å²) in [4.78, 5) is 27.8. The number of rotatable bonds is 5. The van der Waals surface area contributed by atoms with Crippen molar-refractivity contribution in [3.05, 3.63) is 90.5 Å². The van der Waals surface area contributed by atoms with Crippen LogP contribution >= 0.6 is 0 Å². The van der Waals surface area contributed by atoms with Crippen LogP contribution in [0.2, 0.25) is 0 Å². The molecule has 1 aliphatic heterocycles. The van der Waals surface area contributed by atoms with E-state index in [4.69, 9.17) is 4.74 Å². The molecule has 2 aromatic heterocycles. The van der Waals surface area contributed by atoms with Gasteiger partial charge in [0.05, 0.1) is 0 Å². The molecule has 6 heteroatoms. The van der Waals surface area contributed by atoms with Gasteiger partial charge in [-0.1, -0.05) is 30.3 Å². The molecule has 3 heterocycles. The highest BCUT2D eigenvalue weighted by Crippen LogP contribution is 2.27. The molecule has 5 rings (SSSR count). The fraction of sp³-hybridized carbons (Fsp3) is 0.259. The lowest BCUT2D eigenvalue weighted by atomic mass is 9.91. The summed E-state index contributed by atoms with van der Waals surface area (Å²) < 4.78 is 5.70. The largest absolute Gasteiger partial charge is 0.424 e. The van der Waals surface area contributed by atoms with Crippen LogP contribution in [0.15, 0.2) is 79.4 Å². The molecule has 0 spiro atoms. The molecule has 1 fully saturated rings. The van der Waals surface area contributed by atoms with E-state index in [1.54, 1.807) is 24.5 Å². The Labute approximate surface area is 193 Å². The standard InChI is InChI=1S/C27H26N4O2/c32-26(21-8-3-9-24(17-21)33-27-29-12-5-13-30-27)31-14-4-6-20(11-15-31)16-23-19-28-18-22-7-1-2-10-25(22)23/h1-3,5,7-10,12-13,17-20H,4,6,11,14-16H2/t20-/m1/s1. The van der Waals surface area contributed by atoms with Gasteiger partial charge in [0.15, 0.2) is 0 Å². The van der Waals surface area contributed by atoms with Crippen LogP contribution in [0.4, 0.5) is 0 Å². The van der Waals surface area contributed by atoms with Gasteiger partial charge in [0.25, 0.3) is 5.91 Å². The van der Waals surface area contributed by atoms with Gasteiger partial charge in [0, 0.05) is 48.8 Å². The van der Waals surface area contributed by atoms with Gasteiger partial charge in [-0.05, 0) is 66.8 Å². The first-order valence-corrected chi connectivity index (χ1v) is 11.4. The first kappa shape index (κ1) is 21.1. The Kier molecular flexibility index (Phi) is 6.24. The lowest BCUT2D eigenvalue weighted by Gasteiger charge is -2.21. The third kappa shape index (κ3) is 5.00. The van der Waals surface area contributed by atoms with Crippen LogP contribution in [0.5, 0.6) is 11.8 Å². The molecule has 0 radical (unpaired) electrons. The minimum Gasteiger partial charge on any atom is -0.424 e. The number of pyridine rings is 1. The number of likely N-dealkylation sites (tertiary alicyclic amines) is 1. The zero-order valence-electron chi connectivity index (χ0n) is 18.4. The Hall–Kier alpha value is -3.80. The topological polar surface area (TPSA) is 68.2 Å². The van der Waals surface area contributed by atoms with E-state index in [1.807, 2.05) is 35.5 Å². The third-order valence-corrected chi connectivity index (χ3v) is 6.23. The van der Waals surface area contributed by atoms with Crippen LogP contribution in [0.1, 0.15) is 35.2 Å². The van der Waals surface area contributed by atoms with Gasteiger partial charge in [0.1, 0.15) is 5.75 Å². The molecule has 1 aliphatic rings. The van der Waals surface area contributed by atoms with Gasteiger partial charge in [-0.25, -0.2) is 9.97 Å². The van der Waals surface area contributed by atoms with Gasteiger partial charge in [-0.3, -0.25) is 9.78 Å². The number of hydrogen-bond donors (Lipinski definition) is 0. The molecule has 1 atom stereocenters. The third-order valence-electron chi connectivity index (χ3n) is 6.23. The maximum absolute atomic E-state index is 13.2. The number of nitrogens with zero attached hydrogens (tertiary/aromatic N) is 4. The minimum atomic E-state index is 0.0434. The van der Waals surface area contributed by atoms with E-state index in [9.17, 15) is 4.79 Å². The van der Waals surface area contributed by atoms with E-state index in [-0.39, 0.29) is 11.9 Å². The number of benzene rings is 2. The molecule has 1 saturated heterocycles. The molecule has 0 bridgehead atoms. The Balaban J connectivity index is 1.24. The Morgan fingerprint density at radius 2 is 1.85 bits per heavy atom. The second-order valence-corrected chi connectivity index (χ2v) is 8.47. The summed E-state index contributed by atoms with van der Waals surface area (Å²) in [7, 11) is 0. The van der Waals surface area contributed by atoms with Crippen LogP contribution in [0, 0.1) is 5.92 Å². The van der Waals surface area contributed by atoms with Crippen molar-refractivity contribution >= 4 is 16.7 Å². The van der Waals surface area contributed by atoms with E-state index in [0.29, 0.717) is 17.2 Å². The summed E-state index contributed by atoms with van der Waals surface area (Å²) in [6.07, 6.45) is 11.3. The SMILES string of the molecule is O=C(c1cccc(Oc2ncccn2)c1)N1CCC[C@@H](Cc2cncc3ccccc23)CC1. The molecule has 0 aliphatic carbocycles. The second kappa shape index (κ2) is 9.77. The van der Waals surface area contributed by atoms with Crippen LogP contribution in [-0.2, 0) is 6.42 Å². The van der Waals surface area contributed by atoms with Gasteiger partial charge in [0.2, 0.25) is 0 Å². The van der Waals surface area contributed by atoms with Crippen molar-refractivity contribution in [1.82, 2.24) is 19.9 Å². The normalized spacial score (nSPS) is 16.4. The molecule has 0 unspecified atom stereocenters. The minimum absolute atomic E-state index is 0.0434. The fourth-order valence-corrected chi connectivity index (χ4v) is 4.54. The van der Waals surface area contributed by atoms with Crippen molar-refractivity contribution in [2.75, 3.05) is 13.1 Å². The molecule has 1 amide bonds. The molecule has 0 saturated carbocycles. The molecule has 166 valence electrons. The van der Waals surface area contributed by atoms with E-state index in [0.717, 1.165) is 38.8 Å². The van der Waals surface area contributed by atoms with Crippen LogP contribution in [-0.4, -0.2) is 38.8 Å². The van der Waals surface area contributed by atoms with E-state index < -0.39 is 0 Å². The average molecular weight is 439 g/mol. The number of amides is 1. The lowest BCUT2D eigenvalue weighted by molar-refractivity contribution is 0.0759. The summed E-state index contributed by atoms with van der Waals surface area (Å²) in [5, 5.41) is 2.47. The molecule has 33 heavy (non-hydrogen) atoms. The van der Waals surface area contributed by atoms with E-state index >= 15 is 0 Å². The number of carbonyl (C=O) groups is 1. The first-order chi connectivity index (χ1) is 16.3. The summed E-state index contributed by atoms with van der Waals surface area (Å²) in [5.41, 5.74) is 1.92. The molecule has 4 aromatic rings. The Morgan fingerprint density at radius 3 is 2.76 bits per heavy atom. The van der Waals surface area contributed by atoms with Crippen molar-refractivity contribution in [2.24, 2.45) is 5.92 Å². The van der Waals surface area contributed by atoms with Crippen LogP contribution in [0.25, 0.3) is 10.8 Å². The number of fused-ring (bicyclic) bond motifs is 1. The smallest absolute Gasteiger partial charge is 0.321 e. The predicted octanol–water partition coefficient (Wildman–Crippen LogP) is 5.30. The van der Waals surface area contributed by atoms with Gasteiger partial charge in [-0.15, -0.1) is 0 Å². The molecular weight excluding hydrogens is 412 g/mol. The van der Waals surface area contributed by atoms with Gasteiger partial charge in [-0.2, -0.15) is 0 Å². The van der Waals surface area contributed by atoms with Crippen molar-refractivity contribution in [3.63, 3.8) is 0 Å². The van der Waals surface area contributed by atoms with Crippen LogP contribution < -0.4 is 4.74 Å². The summed E-state index contributed by atoms with van der Waals surface area (Å²) in [5.74, 6) is 1.14.